The van der Waals surface area contributed by atoms with Gasteiger partial charge in [-0.05, 0) is 44.0 Å². The summed E-state index contributed by atoms with van der Waals surface area (Å²) in [6.45, 7) is 2.23. The Morgan fingerprint density at radius 1 is 1.06 bits per heavy atom. The molecule has 1 aliphatic rings. The minimum atomic E-state index is -0.236. The second kappa shape index (κ2) is 8.00. The maximum Gasteiger partial charge on any atom is 0.293 e. The Morgan fingerprint density at radius 3 is 2.48 bits per heavy atom. The maximum absolute atomic E-state index is 13.1. The normalized spacial score (nSPS) is 13.4. The fraction of sp³-hybridized carbons (Fsp3) is 0.217. The zero-order valence-electron chi connectivity index (χ0n) is 16.8. The predicted octanol–water partition coefficient (Wildman–Crippen LogP) is 5.16. The van der Waals surface area contributed by atoms with Gasteiger partial charge in [-0.15, -0.1) is 10.2 Å². The molecule has 156 valence electrons. The Bertz CT molecular complexity index is 1210. The van der Waals surface area contributed by atoms with Gasteiger partial charge in [0, 0.05) is 28.3 Å². The van der Waals surface area contributed by atoms with Crippen molar-refractivity contribution in [2.24, 2.45) is 0 Å². The van der Waals surface area contributed by atoms with E-state index in [4.69, 9.17) is 20.5 Å². The van der Waals surface area contributed by atoms with Crippen LogP contribution in [0.15, 0.2) is 63.5 Å². The summed E-state index contributed by atoms with van der Waals surface area (Å²) in [7, 11) is 0. The van der Waals surface area contributed by atoms with E-state index in [9.17, 15) is 4.79 Å². The Morgan fingerprint density at radius 2 is 1.77 bits per heavy atom. The standard InChI is InChI=1S/C23H19ClN4O3/c1-14-2-4-15(5-3-14)19-12-20(31-27-19)23(29)28(18-10-11-18)13-21-25-26-22(30-21)16-6-8-17(24)9-7-16/h2-9,12,18H,10-11,13H2,1H3. The summed E-state index contributed by atoms with van der Waals surface area (Å²) >= 11 is 5.93. The smallest absolute Gasteiger partial charge is 0.293 e. The first-order valence-electron chi connectivity index (χ1n) is 10.00. The highest BCUT2D eigenvalue weighted by Gasteiger charge is 2.36. The lowest BCUT2D eigenvalue weighted by Crippen LogP contribution is -2.32. The second-order valence-electron chi connectivity index (χ2n) is 7.61. The van der Waals surface area contributed by atoms with Gasteiger partial charge in [-0.1, -0.05) is 46.6 Å². The summed E-state index contributed by atoms with van der Waals surface area (Å²) in [6, 6.07) is 16.8. The van der Waals surface area contributed by atoms with Crippen molar-refractivity contribution >= 4 is 17.5 Å². The van der Waals surface area contributed by atoms with Crippen LogP contribution >= 0.6 is 11.6 Å². The molecule has 1 saturated carbocycles. The molecule has 1 amide bonds. The van der Waals surface area contributed by atoms with Crippen LogP contribution in [0.2, 0.25) is 5.02 Å². The van der Waals surface area contributed by atoms with Crippen molar-refractivity contribution < 1.29 is 13.7 Å². The summed E-state index contributed by atoms with van der Waals surface area (Å²) in [5.74, 6) is 0.708. The van der Waals surface area contributed by atoms with Crippen LogP contribution in [0.3, 0.4) is 0 Å². The van der Waals surface area contributed by atoms with Gasteiger partial charge in [0.15, 0.2) is 0 Å². The van der Waals surface area contributed by atoms with E-state index in [0.29, 0.717) is 22.5 Å². The number of halogens is 1. The van der Waals surface area contributed by atoms with E-state index in [0.717, 1.165) is 29.5 Å². The maximum atomic E-state index is 13.1. The Labute approximate surface area is 183 Å². The Kier molecular flexibility index (Phi) is 5.03. The molecule has 1 aliphatic carbocycles. The van der Waals surface area contributed by atoms with Gasteiger partial charge in [-0.3, -0.25) is 4.79 Å². The van der Waals surface area contributed by atoms with E-state index in [1.165, 1.54) is 0 Å². The van der Waals surface area contributed by atoms with Crippen LogP contribution in [0.4, 0.5) is 0 Å². The zero-order chi connectivity index (χ0) is 21.4. The topological polar surface area (TPSA) is 85.3 Å². The van der Waals surface area contributed by atoms with Crippen LogP contribution in [0.1, 0.15) is 34.9 Å². The van der Waals surface area contributed by atoms with Gasteiger partial charge < -0.3 is 13.8 Å². The van der Waals surface area contributed by atoms with Gasteiger partial charge in [-0.2, -0.15) is 0 Å². The molecule has 1 fully saturated rings. The van der Waals surface area contributed by atoms with Gasteiger partial charge in [0.1, 0.15) is 5.69 Å². The zero-order valence-corrected chi connectivity index (χ0v) is 17.5. The van der Waals surface area contributed by atoms with E-state index < -0.39 is 0 Å². The second-order valence-corrected chi connectivity index (χ2v) is 8.05. The average molecular weight is 435 g/mol. The van der Waals surface area contributed by atoms with Crippen molar-refractivity contribution in [1.29, 1.82) is 0 Å². The number of hydrogen-bond donors (Lipinski definition) is 0. The van der Waals surface area contributed by atoms with Crippen molar-refractivity contribution in [3.8, 4) is 22.7 Å². The highest BCUT2D eigenvalue weighted by molar-refractivity contribution is 6.30. The molecule has 2 aromatic carbocycles. The van der Waals surface area contributed by atoms with Crippen molar-refractivity contribution in [3.63, 3.8) is 0 Å². The van der Waals surface area contributed by atoms with Crippen LogP contribution in [-0.4, -0.2) is 32.2 Å². The van der Waals surface area contributed by atoms with Crippen LogP contribution in [0.5, 0.6) is 0 Å². The SMILES string of the molecule is Cc1ccc(-c2cc(C(=O)N(Cc3nnc(-c4ccc(Cl)cc4)o3)C3CC3)on2)cc1. The Hall–Kier alpha value is -3.45. The number of aryl methyl sites for hydroxylation is 1. The number of benzene rings is 2. The molecule has 0 spiro atoms. The fourth-order valence-corrected chi connectivity index (χ4v) is 3.43. The molecule has 0 unspecified atom stereocenters. The minimum absolute atomic E-state index is 0.131. The summed E-state index contributed by atoms with van der Waals surface area (Å²) < 4.78 is 11.2. The Balaban J connectivity index is 1.34. The third-order valence-electron chi connectivity index (χ3n) is 5.18. The lowest BCUT2D eigenvalue weighted by molar-refractivity contribution is 0.0672. The van der Waals surface area contributed by atoms with Gasteiger partial charge in [0.25, 0.3) is 5.91 Å². The van der Waals surface area contributed by atoms with E-state index >= 15 is 0 Å². The summed E-state index contributed by atoms with van der Waals surface area (Å²) in [4.78, 5) is 14.8. The molecule has 31 heavy (non-hydrogen) atoms. The molecular formula is C23H19ClN4O3. The largest absolute Gasteiger partial charge is 0.419 e. The molecule has 0 bridgehead atoms. The highest BCUT2D eigenvalue weighted by atomic mass is 35.5. The van der Waals surface area contributed by atoms with Crippen LogP contribution < -0.4 is 0 Å². The average Bonchev–Trinajstić information content (AvgIpc) is 3.31. The molecular weight excluding hydrogens is 416 g/mol. The number of nitrogens with zero attached hydrogens (tertiary/aromatic N) is 4. The number of amides is 1. The third-order valence-corrected chi connectivity index (χ3v) is 5.43. The first-order valence-corrected chi connectivity index (χ1v) is 10.4. The molecule has 2 heterocycles. The van der Waals surface area contributed by atoms with Crippen molar-refractivity contribution in [2.45, 2.75) is 32.4 Å². The van der Waals surface area contributed by atoms with Crippen LogP contribution in [-0.2, 0) is 6.54 Å². The van der Waals surface area contributed by atoms with Crippen molar-refractivity contribution in [2.75, 3.05) is 0 Å². The number of rotatable bonds is 6. The first kappa shape index (κ1) is 19.5. The van der Waals surface area contributed by atoms with Gasteiger partial charge in [0.2, 0.25) is 17.5 Å². The van der Waals surface area contributed by atoms with E-state index in [-0.39, 0.29) is 24.3 Å². The van der Waals surface area contributed by atoms with Gasteiger partial charge >= 0.3 is 0 Å². The molecule has 2 aromatic heterocycles. The number of aromatic nitrogens is 3. The molecule has 0 N–H and O–H groups in total. The van der Waals surface area contributed by atoms with Crippen molar-refractivity contribution in [1.82, 2.24) is 20.3 Å². The molecule has 0 aliphatic heterocycles. The molecule has 0 radical (unpaired) electrons. The lowest BCUT2D eigenvalue weighted by Gasteiger charge is -2.18. The molecule has 7 nitrogen and oxygen atoms in total. The number of carbonyl (C=O) groups excluding carboxylic acids is 1. The summed E-state index contributed by atoms with van der Waals surface area (Å²) in [5.41, 5.74) is 3.45. The monoisotopic (exact) mass is 434 g/mol. The molecule has 5 rings (SSSR count). The predicted molar refractivity (Wildman–Crippen MR) is 114 cm³/mol. The van der Waals surface area contributed by atoms with Gasteiger partial charge in [0.05, 0.1) is 6.54 Å². The highest BCUT2D eigenvalue weighted by Crippen LogP contribution is 2.31. The number of hydrogen-bond acceptors (Lipinski definition) is 6. The van der Waals surface area contributed by atoms with Crippen LogP contribution in [0, 0.1) is 6.92 Å². The lowest BCUT2D eigenvalue weighted by atomic mass is 10.1. The van der Waals surface area contributed by atoms with E-state index in [1.807, 2.05) is 43.3 Å². The molecule has 8 heteroatoms. The third kappa shape index (κ3) is 4.22. The van der Waals surface area contributed by atoms with Crippen molar-refractivity contribution in [3.05, 3.63) is 76.8 Å². The summed E-state index contributed by atoms with van der Waals surface area (Å²) in [5, 5.41) is 12.9. The van der Waals surface area contributed by atoms with E-state index in [1.54, 1.807) is 23.1 Å². The fourth-order valence-electron chi connectivity index (χ4n) is 3.30. The van der Waals surface area contributed by atoms with Gasteiger partial charge in [-0.25, -0.2) is 0 Å². The minimum Gasteiger partial charge on any atom is -0.419 e. The molecule has 0 saturated heterocycles. The van der Waals surface area contributed by atoms with E-state index in [2.05, 4.69) is 15.4 Å². The molecule has 4 aromatic rings. The first-order chi connectivity index (χ1) is 15.1. The van der Waals surface area contributed by atoms with Crippen LogP contribution in [0.25, 0.3) is 22.7 Å². The molecule has 0 atom stereocenters. The number of carbonyl (C=O) groups is 1. The quantitative estimate of drug-likeness (QED) is 0.416. The summed E-state index contributed by atoms with van der Waals surface area (Å²) in [6.07, 6.45) is 1.87.